The minimum atomic E-state index is 0.540. The third kappa shape index (κ3) is 3.34. The molecule has 2 aromatic carbocycles. The Labute approximate surface area is 128 Å². The average molecular weight is 290 g/mol. The molecule has 0 radical (unpaired) electrons. The fourth-order valence-corrected chi connectivity index (χ4v) is 2.77. The van der Waals surface area contributed by atoms with E-state index in [9.17, 15) is 0 Å². The number of hydrogen-bond acceptors (Lipinski definition) is 2. The summed E-state index contributed by atoms with van der Waals surface area (Å²) in [6.45, 7) is 0.540. The zero-order valence-electron chi connectivity index (χ0n) is 11.5. The summed E-state index contributed by atoms with van der Waals surface area (Å²) in [5, 5.41) is 4.17. The van der Waals surface area contributed by atoms with E-state index >= 15 is 0 Å². The Hall–Kier alpha value is -2.50. The summed E-state index contributed by atoms with van der Waals surface area (Å²) in [5.41, 5.74) is 4.24. The van der Waals surface area contributed by atoms with Crippen molar-refractivity contribution in [2.75, 3.05) is 0 Å². The SMILES string of the molecule is C#Cc1cc(OCc2ccccc2)cc(-c2ccsc2)c1. The van der Waals surface area contributed by atoms with Crippen molar-refractivity contribution in [3.8, 4) is 29.2 Å². The highest BCUT2D eigenvalue weighted by atomic mass is 32.1. The Morgan fingerprint density at radius 2 is 1.86 bits per heavy atom. The summed E-state index contributed by atoms with van der Waals surface area (Å²) in [6.07, 6.45) is 5.55. The van der Waals surface area contributed by atoms with Crippen molar-refractivity contribution in [3.63, 3.8) is 0 Å². The summed E-state index contributed by atoms with van der Waals surface area (Å²) in [5.74, 6) is 3.49. The highest BCUT2D eigenvalue weighted by Gasteiger charge is 2.04. The van der Waals surface area contributed by atoms with E-state index in [2.05, 4.69) is 22.7 Å². The molecule has 2 heteroatoms. The van der Waals surface area contributed by atoms with Crippen LogP contribution >= 0.6 is 11.3 Å². The average Bonchev–Trinajstić information content (AvgIpc) is 3.08. The van der Waals surface area contributed by atoms with Gasteiger partial charge in [0.05, 0.1) is 0 Å². The van der Waals surface area contributed by atoms with Gasteiger partial charge < -0.3 is 4.74 Å². The van der Waals surface area contributed by atoms with Gasteiger partial charge in [-0.3, -0.25) is 0 Å². The summed E-state index contributed by atoms with van der Waals surface area (Å²) in [4.78, 5) is 0. The van der Waals surface area contributed by atoms with Crippen LogP contribution < -0.4 is 4.74 Å². The highest BCUT2D eigenvalue weighted by Crippen LogP contribution is 2.28. The van der Waals surface area contributed by atoms with Crippen LogP contribution in [0.5, 0.6) is 5.75 Å². The van der Waals surface area contributed by atoms with Gasteiger partial charge in [-0.2, -0.15) is 11.3 Å². The van der Waals surface area contributed by atoms with Gasteiger partial charge in [0.15, 0.2) is 0 Å². The molecule has 0 aliphatic rings. The molecule has 0 atom stereocenters. The van der Waals surface area contributed by atoms with Crippen LogP contribution in [0.3, 0.4) is 0 Å². The number of terminal acetylenes is 1. The molecular formula is C19H14OS. The molecule has 1 nitrogen and oxygen atoms in total. The van der Waals surface area contributed by atoms with Gasteiger partial charge in [0, 0.05) is 5.56 Å². The number of benzene rings is 2. The van der Waals surface area contributed by atoms with Crippen molar-refractivity contribution in [2.24, 2.45) is 0 Å². The quantitative estimate of drug-likeness (QED) is 0.616. The van der Waals surface area contributed by atoms with E-state index < -0.39 is 0 Å². The third-order valence-corrected chi connectivity index (χ3v) is 3.86. The van der Waals surface area contributed by atoms with E-state index in [-0.39, 0.29) is 0 Å². The normalized spacial score (nSPS) is 10.0. The van der Waals surface area contributed by atoms with Crippen molar-refractivity contribution in [2.45, 2.75) is 6.61 Å². The molecule has 0 fully saturated rings. The van der Waals surface area contributed by atoms with E-state index in [4.69, 9.17) is 11.2 Å². The second kappa shape index (κ2) is 6.30. The summed E-state index contributed by atoms with van der Waals surface area (Å²) < 4.78 is 5.88. The maximum absolute atomic E-state index is 5.88. The maximum atomic E-state index is 5.88. The van der Waals surface area contributed by atoms with Gasteiger partial charge in [-0.1, -0.05) is 36.3 Å². The molecule has 0 aliphatic carbocycles. The fourth-order valence-electron chi connectivity index (χ4n) is 2.10. The lowest BCUT2D eigenvalue weighted by molar-refractivity contribution is 0.306. The Balaban J connectivity index is 1.85. The second-order valence-electron chi connectivity index (χ2n) is 4.68. The summed E-state index contributed by atoms with van der Waals surface area (Å²) in [6, 6.07) is 18.1. The minimum absolute atomic E-state index is 0.540. The molecule has 3 aromatic rings. The van der Waals surface area contributed by atoms with E-state index in [1.807, 2.05) is 48.5 Å². The Morgan fingerprint density at radius 1 is 1.00 bits per heavy atom. The smallest absolute Gasteiger partial charge is 0.121 e. The first-order chi connectivity index (χ1) is 10.3. The lowest BCUT2D eigenvalue weighted by atomic mass is 10.1. The van der Waals surface area contributed by atoms with Crippen LogP contribution in [-0.2, 0) is 6.61 Å². The van der Waals surface area contributed by atoms with Crippen LogP contribution in [0.25, 0.3) is 11.1 Å². The number of thiophene rings is 1. The first-order valence-electron chi connectivity index (χ1n) is 6.66. The van der Waals surface area contributed by atoms with Crippen molar-refractivity contribution in [1.29, 1.82) is 0 Å². The molecule has 0 saturated carbocycles. The third-order valence-electron chi connectivity index (χ3n) is 3.18. The molecule has 0 amide bonds. The first kappa shape index (κ1) is 13.5. The largest absolute Gasteiger partial charge is 0.489 e. The zero-order valence-corrected chi connectivity index (χ0v) is 12.3. The van der Waals surface area contributed by atoms with Crippen LogP contribution in [0.15, 0.2) is 65.4 Å². The van der Waals surface area contributed by atoms with Crippen LogP contribution in [0.4, 0.5) is 0 Å². The van der Waals surface area contributed by atoms with Gasteiger partial charge in [0.25, 0.3) is 0 Å². The van der Waals surface area contributed by atoms with Crippen LogP contribution in [0, 0.1) is 12.3 Å². The molecule has 0 N–H and O–H groups in total. The summed E-state index contributed by atoms with van der Waals surface area (Å²) in [7, 11) is 0. The topological polar surface area (TPSA) is 9.23 Å². The number of rotatable bonds is 4. The van der Waals surface area contributed by atoms with Crippen molar-refractivity contribution in [3.05, 3.63) is 76.5 Å². The molecule has 0 spiro atoms. The number of ether oxygens (including phenoxy) is 1. The number of hydrogen-bond donors (Lipinski definition) is 0. The molecule has 0 aliphatic heterocycles. The first-order valence-corrected chi connectivity index (χ1v) is 7.60. The standard InChI is InChI=1S/C19H14OS/c1-2-15-10-18(17-8-9-21-14-17)12-19(11-15)20-13-16-6-4-3-5-7-16/h1,3-12,14H,13H2. The molecule has 21 heavy (non-hydrogen) atoms. The predicted octanol–water partition coefficient (Wildman–Crippen LogP) is 4.98. The fraction of sp³-hybridized carbons (Fsp3) is 0.0526. The molecular weight excluding hydrogens is 276 g/mol. The van der Waals surface area contributed by atoms with Gasteiger partial charge in [-0.15, -0.1) is 6.42 Å². The molecule has 3 rings (SSSR count). The van der Waals surface area contributed by atoms with Crippen molar-refractivity contribution < 1.29 is 4.74 Å². The van der Waals surface area contributed by atoms with Gasteiger partial charge in [-0.05, 0) is 51.7 Å². The van der Waals surface area contributed by atoms with E-state index in [1.54, 1.807) is 11.3 Å². The van der Waals surface area contributed by atoms with Crippen molar-refractivity contribution in [1.82, 2.24) is 0 Å². The van der Waals surface area contributed by atoms with E-state index in [0.717, 1.165) is 22.4 Å². The van der Waals surface area contributed by atoms with Gasteiger partial charge in [0.1, 0.15) is 12.4 Å². The molecule has 0 saturated heterocycles. The molecule has 102 valence electrons. The highest BCUT2D eigenvalue weighted by molar-refractivity contribution is 7.08. The minimum Gasteiger partial charge on any atom is -0.489 e. The zero-order chi connectivity index (χ0) is 14.5. The van der Waals surface area contributed by atoms with Crippen molar-refractivity contribution >= 4 is 11.3 Å². The Kier molecular flexibility index (Phi) is 4.04. The van der Waals surface area contributed by atoms with E-state index in [1.165, 1.54) is 5.56 Å². The Morgan fingerprint density at radius 3 is 2.57 bits per heavy atom. The molecule has 1 heterocycles. The lowest BCUT2D eigenvalue weighted by Crippen LogP contribution is -1.95. The summed E-state index contributed by atoms with van der Waals surface area (Å²) >= 11 is 1.67. The van der Waals surface area contributed by atoms with Crippen LogP contribution in [0.2, 0.25) is 0 Å². The van der Waals surface area contributed by atoms with E-state index in [0.29, 0.717) is 6.61 Å². The molecule has 1 aromatic heterocycles. The van der Waals surface area contributed by atoms with Crippen LogP contribution in [0.1, 0.15) is 11.1 Å². The molecule has 0 bridgehead atoms. The molecule has 0 unspecified atom stereocenters. The lowest BCUT2D eigenvalue weighted by Gasteiger charge is -2.09. The van der Waals surface area contributed by atoms with Crippen LogP contribution in [-0.4, -0.2) is 0 Å². The van der Waals surface area contributed by atoms with Gasteiger partial charge in [0.2, 0.25) is 0 Å². The second-order valence-corrected chi connectivity index (χ2v) is 5.46. The van der Waals surface area contributed by atoms with Gasteiger partial charge >= 0.3 is 0 Å². The predicted molar refractivity (Wildman–Crippen MR) is 88.5 cm³/mol. The maximum Gasteiger partial charge on any atom is 0.121 e. The monoisotopic (exact) mass is 290 g/mol. The van der Waals surface area contributed by atoms with Gasteiger partial charge in [-0.25, -0.2) is 0 Å². The Bertz CT molecular complexity index is 752.